The smallest absolute Gasteiger partial charge is 0.302 e. The molecule has 1 rings (SSSR count). The van der Waals surface area contributed by atoms with E-state index in [1.165, 1.54) is 13.0 Å². The summed E-state index contributed by atoms with van der Waals surface area (Å²) in [5.41, 5.74) is 0.564. The largest absolute Gasteiger partial charge is 0.466 e. The third-order valence-corrected chi connectivity index (χ3v) is 1.82. The highest BCUT2D eigenvalue weighted by molar-refractivity contribution is 5.98. The van der Waals surface area contributed by atoms with Crippen molar-refractivity contribution >= 4 is 11.8 Å². The van der Waals surface area contributed by atoms with Gasteiger partial charge >= 0.3 is 5.97 Å². The van der Waals surface area contributed by atoms with Crippen LogP contribution in [0.4, 0.5) is 0 Å². The molecule has 4 nitrogen and oxygen atoms in total. The Kier molecular flexibility index (Phi) is 3.19. The molecule has 0 aromatic carbocycles. The second-order valence-electron chi connectivity index (χ2n) is 2.98. The third-order valence-electron chi connectivity index (χ3n) is 1.82. The fraction of sp³-hybridized carbons (Fsp3) is 0.556. The van der Waals surface area contributed by atoms with E-state index in [4.69, 9.17) is 5.11 Å². The second-order valence-corrected chi connectivity index (χ2v) is 2.98. The minimum atomic E-state index is -0.653. The molecule has 0 spiro atoms. The van der Waals surface area contributed by atoms with Crippen LogP contribution in [-0.2, 0) is 14.3 Å². The van der Waals surface area contributed by atoms with E-state index in [9.17, 15) is 9.59 Å². The fourth-order valence-corrected chi connectivity index (χ4v) is 1.23. The number of ether oxygens (including phenoxy) is 1. The Bertz CT molecular complexity index is 254. The number of hydrogen-bond donors (Lipinski definition) is 1. The summed E-state index contributed by atoms with van der Waals surface area (Å²) < 4.78 is 4.67. The maximum atomic E-state index is 11.1. The molecule has 0 heterocycles. The van der Waals surface area contributed by atoms with E-state index in [0.29, 0.717) is 12.0 Å². The molecule has 1 aliphatic rings. The lowest BCUT2D eigenvalue weighted by atomic mass is 10.1. The van der Waals surface area contributed by atoms with Crippen molar-refractivity contribution in [1.82, 2.24) is 0 Å². The number of carbonyl (C=O) groups is 2. The molecule has 4 heteroatoms. The van der Waals surface area contributed by atoms with Crippen LogP contribution in [0, 0.1) is 0 Å². The van der Waals surface area contributed by atoms with Crippen molar-refractivity contribution < 1.29 is 19.4 Å². The number of rotatable bonds is 3. The van der Waals surface area contributed by atoms with Crippen LogP contribution in [-0.4, -0.2) is 29.6 Å². The van der Waals surface area contributed by atoms with E-state index in [-0.39, 0.29) is 24.8 Å². The van der Waals surface area contributed by atoms with Crippen LogP contribution in [0.3, 0.4) is 0 Å². The molecule has 1 aliphatic carbocycles. The molecular weight excluding hydrogens is 172 g/mol. The first-order valence-corrected chi connectivity index (χ1v) is 4.15. The quantitative estimate of drug-likeness (QED) is 0.636. The zero-order valence-electron chi connectivity index (χ0n) is 7.45. The van der Waals surface area contributed by atoms with Gasteiger partial charge in [0.15, 0.2) is 5.78 Å². The Morgan fingerprint density at radius 2 is 2.46 bits per heavy atom. The van der Waals surface area contributed by atoms with Crippen molar-refractivity contribution in [3.05, 3.63) is 11.6 Å². The van der Waals surface area contributed by atoms with Crippen molar-refractivity contribution in [2.75, 3.05) is 6.61 Å². The van der Waals surface area contributed by atoms with Gasteiger partial charge < -0.3 is 9.84 Å². The van der Waals surface area contributed by atoms with Gasteiger partial charge in [-0.1, -0.05) is 0 Å². The number of carbonyl (C=O) groups excluding carboxylic acids is 2. The average molecular weight is 184 g/mol. The zero-order chi connectivity index (χ0) is 9.84. The van der Waals surface area contributed by atoms with Crippen LogP contribution in [0.5, 0.6) is 0 Å². The van der Waals surface area contributed by atoms with Gasteiger partial charge in [-0.15, -0.1) is 0 Å². The van der Waals surface area contributed by atoms with E-state index < -0.39 is 6.10 Å². The van der Waals surface area contributed by atoms with Crippen LogP contribution in [0.25, 0.3) is 0 Å². The Hall–Kier alpha value is -1.16. The van der Waals surface area contributed by atoms with Gasteiger partial charge in [0, 0.05) is 19.8 Å². The van der Waals surface area contributed by atoms with E-state index >= 15 is 0 Å². The monoisotopic (exact) mass is 184 g/mol. The van der Waals surface area contributed by atoms with Crippen molar-refractivity contribution in [1.29, 1.82) is 0 Å². The van der Waals surface area contributed by atoms with Crippen molar-refractivity contribution in [2.45, 2.75) is 25.9 Å². The van der Waals surface area contributed by atoms with Crippen LogP contribution in [0.15, 0.2) is 11.6 Å². The normalized spacial score (nSPS) is 21.5. The van der Waals surface area contributed by atoms with E-state index in [0.717, 1.165) is 0 Å². The minimum Gasteiger partial charge on any atom is -0.466 e. The summed E-state index contributed by atoms with van der Waals surface area (Å²) in [6.07, 6.45) is 1.43. The highest BCUT2D eigenvalue weighted by atomic mass is 16.5. The lowest BCUT2D eigenvalue weighted by Gasteiger charge is -2.00. The first-order chi connectivity index (χ1) is 6.09. The first-order valence-electron chi connectivity index (χ1n) is 4.15. The molecule has 1 N–H and O–H groups in total. The predicted molar refractivity (Wildman–Crippen MR) is 45.0 cm³/mol. The van der Waals surface area contributed by atoms with Gasteiger partial charge in [0.2, 0.25) is 0 Å². The Morgan fingerprint density at radius 3 is 2.92 bits per heavy atom. The first kappa shape index (κ1) is 9.92. The molecule has 0 saturated heterocycles. The van der Waals surface area contributed by atoms with Crippen molar-refractivity contribution in [3.8, 4) is 0 Å². The summed E-state index contributed by atoms with van der Waals surface area (Å²) in [6.45, 7) is 1.53. The maximum Gasteiger partial charge on any atom is 0.302 e. The molecule has 0 saturated carbocycles. The molecule has 0 radical (unpaired) electrons. The number of aliphatic hydroxyl groups excluding tert-OH is 1. The molecule has 0 amide bonds. The van der Waals surface area contributed by atoms with E-state index in [2.05, 4.69) is 4.74 Å². The SMILES string of the molecule is CC(=O)OCCC1=CC(O)CC1=O. The molecule has 1 unspecified atom stereocenters. The number of ketones is 1. The Labute approximate surface area is 76.2 Å². The number of hydrogen-bond acceptors (Lipinski definition) is 4. The number of esters is 1. The minimum absolute atomic E-state index is 0.0559. The van der Waals surface area contributed by atoms with Crippen molar-refractivity contribution in [3.63, 3.8) is 0 Å². The average Bonchev–Trinajstić information content (AvgIpc) is 2.29. The molecule has 0 fully saturated rings. The summed E-state index contributed by atoms with van der Waals surface area (Å²) in [7, 11) is 0. The van der Waals surface area contributed by atoms with Gasteiger partial charge in [0.05, 0.1) is 12.7 Å². The van der Waals surface area contributed by atoms with Gasteiger partial charge in [-0.3, -0.25) is 9.59 Å². The highest BCUT2D eigenvalue weighted by Gasteiger charge is 2.21. The second kappa shape index (κ2) is 4.18. The number of Topliss-reactive ketones (excluding diaryl/α,β-unsaturated/α-hetero) is 1. The van der Waals surface area contributed by atoms with Crippen LogP contribution in [0.2, 0.25) is 0 Å². The van der Waals surface area contributed by atoms with E-state index in [1.54, 1.807) is 0 Å². The van der Waals surface area contributed by atoms with Crippen molar-refractivity contribution in [2.24, 2.45) is 0 Å². The topological polar surface area (TPSA) is 63.6 Å². The highest BCUT2D eigenvalue weighted by Crippen LogP contribution is 2.17. The standard InChI is InChI=1S/C9H12O4/c1-6(10)13-3-2-7-4-8(11)5-9(7)12/h4,8,11H,2-3,5H2,1H3. The van der Waals surface area contributed by atoms with Crippen LogP contribution in [0.1, 0.15) is 19.8 Å². The summed E-state index contributed by atoms with van der Waals surface area (Å²) in [5.74, 6) is -0.411. The zero-order valence-corrected chi connectivity index (χ0v) is 7.45. The van der Waals surface area contributed by atoms with Gasteiger partial charge in [-0.05, 0) is 11.6 Å². The lowest BCUT2D eigenvalue weighted by molar-refractivity contribution is -0.141. The van der Waals surface area contributed by atoms with Gasteiger partial charge in [0.1, 0.15) is 0 Å². The fourth-order valence-electron chi connectivity index (χ4n) is 1.23. The Balaban J connectivity index is 2.33. The maximum absolute atomic E-state index is 11.1. The van der Waals surface area contributed by atoms with Gasteiger partial charge in [0.25, 0.3) is 0 Å². The summed E-state index contributed by atoms with van der Waals surface area (Å²) in [5, 5.41) is 9.07. The Morgan fingerprint density at radius 1 is 1.77 bits per heavy atom. The number of aliphatic hydroxyl groups is 1. The molecule has 0 aromatic rings. The molecule has 72 valence electrons. The van der Waals surface area contributed by atoms with E-state index in [1.807, 2.05) is 0 Å². The lowest BCUT2D eigenvalue weighted by Crippen LogP contribution is -2.05. The van der Waals surface area contributed by atoms with Crippen LogP contribution >= 0.6 is 0 Å². The third kappa shape index (κ3) is 2.99. The molecule has 1 atom stereocenters. The molecule has 13 heavy (non-hydrogen) atoms. The molecule has 0 aromatic heterocycles. The summed E-state index contributed by atoms with van der Waals surface area (Å²) in [6, 6.07) is 0. The molecular formula is C9H12O4. The summed E-state index contributed by atoms with van der Waals surface area (Å²) in [4.78, 5) is 21.5. The van der Waals surface area contributed by atoms with Crippen LogP contribution < -0.4 is 0 Å². The van der Waals surface area contributed by atoms with Gasteiger partial charge in [-0.25, -0.2) is 0 Å². The van der Waals surface area contributed by atoms with Gasteiger partial charge in [-0.2, -0.15) is 0 Å². The summed E-state index contributed by atoms with van der Waals surface area (Å²) >= 11 is 0. The molecule has 0 aliphatic heterocycles. The predicted octanol–water partition coefficient (Wildman–Crippen LogP) is 0.200. The molecule has 0 bridgehead atoms.